The van der Waals surface area contributed by atoms with Crippen LogP contribution in [0.5, 0.6) is 11.5 Å². The smallest absolute Gasteiger partial charge is 0.271 e. The van der Waals surface area contributed by atoms with Gasteiger partial charge in [0.05, 0.1) is 35.5 Å². The van der Waals surface area contributed by atoms with E-state index in [1.54, 1.807) is 49.6 Å². The number of hydrogen-bond acceptors (Lipinski definition) is 6. The number of anilines is 1. The number of nitrogens with one attached hydrogen (secondary N) is 2. The summed E-state index contributed by atoms with van der Waals surface area (Å²) in [6.07, 6.45) is 1.44. The van der Waals surface area contributed by atoms with Crippen LogP contribution in [0.15, 0.2) is 76.7 Å². The van der Waals surface area contributed by atoms with Crippen LogP contribution in [0.2, 0.25) is 5.02 Å². The molecule has 10 heteroatoms. The lowest BCUT2D eigenvalue weighted by Gasteiger charge is -2.10. The molecule has 0 saturated carbocycles. The first-order valence-electron chi connectivity index (χ1n) is 9.85. The van der Waals surface area contributed by atoms with Crippen LogP contribution in [0.1, 0.15) is 22.8 Å². The van der Waals surface area contributed by atoms with Gasteiger partial charge in [0.2, 0.25) is 0 Å². The number of carbonyl (C=O) groups excluding carboxylic acids is 1. The lowest BCUT2D eigenvalue weighted by molar-refractivity contribution is 0.0955. The molecule has 3 aromatic carbocycles. The molecule has 0 aromatic heterocycles. The number of sulfonamides is 1. The largest absolute Gasteiger partial charge is 0.493 e. The molecule has 0 atom stereocenters. The third-order valence-electron chi connectivity index (χ3n) is 4.39. The van der Waals surface area contributed by atoms with Gasteiger partial charge in [0.1, 0.15) is 0 Å². The molecule has 8 nitrogen and oxygen atoms in total. The second kappa shape index (κ2) is 10.8. The lowest BCUT2D eigenvalue weighted by Crippen LogP contribution is -2.19. The van der Waals surface area contributed by atoms with Crippen molar-refractivity contribution in [2.24, 2.45) is 5.10 Å². The quantitative estimate of drug-likeness (QED) is 0.345. The van der Waals surface area contributed by atoms with Crippen molar-refractivity contribution in [3.05, 3.63) is 82.9 Å². The normalized spacial score (nSPS) is 11.2. The molecule has 33 heavy (non-hydrogen) atoms. The molecular weight excluding hydrogens is 466 g/mol. The van der Waals surface area contributed by atoms with Crippen molar-refractivity contribution in [3.8, 4) is 11.5 Å². The zero-order valence-corrected chi connectivity index (χ0v) is 19.5. The summed E-state index contributed by atoms with van der Waals surface area (Å²) >= 11 is 6.03. The lowest BCUT2D eigenvalue weighted by atomic mass is 10.2. The van der Waals surface area contributed by atoms with Crippen LogP contribution in [0.25, 0.3) is 0 Å². The monoisotopic (exact) mass is 487 g/mol. The highest BCUT2D eigenvalue weighted by Crippen LogP contribution is 2.27. The van der Waals surface area contributed by atoms with Gasteiger partial charge in [-0.3, -0.25) is 9.52 Å². The number of ether oxygens (including phenoxy) is 2. The first-order chi connectivity index (χ1) is 15.8. The zero-order valence-electron chi connectivity index (χ0n) is 17.9. The Morgan fingerprint density at radius 1 is 1.06 bits per heavy atom. The number of para-hydroxylation sites is 1. The van der Waals surface area contributed by atoms with Crippen molar-refractivity contribution in [2.75, 3.05) is 18.4 Å². The van der Waals surface area contributed by atoms with Gasteiger partial charge in [0.15, 0.2) is 11.5 Å². The number of carbonyl (C=O) groups is 1. The van der Waals surface area contributed by atoms with Crippen LogP contribution >= 0.6 is 11.6 Å². The van der Waals surface area contributed by atoms with Crippen molar-refractivity contribution < 1.29 is 22.7 Å². The second-order valence-electron chi connectivity index (χ2n) is 6.66. The van der Waals surface area contributed by atoms with E-state index >= 15 is 0 Å². The summed E-state index contributed by atoms with van der Waals surface area (Å²) in [7, 11) is -2.41. The average molecular weight is 488 g/mol. The molecule has 0 aliphatic rings. The van der Waals surface area contributed by atoms with Gasteiger partial charge in [-0.1, -0.05) is 29.8 Å². The van der Waals surface area contributed by atoms with Gasteiger partial charge in [-0.15, -0.1) is 0 Å². The minimum absolute atomic E-state index is 0.0874. The molecule has 2 N–H and O–H groups in total. The summed E-state index contributed by atoms with van der Waals surface area (Å²) in [5.41, 5.74) is 3.43. The highest BCUT2D eigenvalue weighted by atomic mass is 35.5. The third kappa shape index (κ3) is 6.24. The Morgan fingerprint density at radius 3 is 2.58 bits per heavy atom. The average Bonchev–Trinajstić information content (AvgIpc) is 2.81. The van der Waals surface area contributed by atoms with Gasteiger partial charge in [-0.25, -0.2) is 13.8 Å². The number of methoxy groups -OCH3 is 1. The van der Waals surface area contributed by atoms with E-state index in [1.807, 2.05) is 6.92 Å². The second-order valence-corrected chi connectivity index (χ2v) is 8.75. The van der Waals surface area contributed by atoms with Crippen LogP contribution in [0.3, 0.4) is 0 Å². The molecule has 0 spiro atoms. The molecular formula is C23H22ClN3O5S. The Morgan fingerprint density at radius 2 is 1.85 bits per heavy atom. The number of benzene rings is 3. The molecule has 0 fully saturated rings. The molecule has 3 rings (SSSR count). The summed E-state index contributed by atoms with van der Waals surface area (Å²) in [6.45, 7) is 2.33. The Kier molecular flexibility index (Phi) is 7.92. The van der Waals surface area contributed by atoms with E-state index in [-0.39, 0.29) is 21.2 Å². The minimum Gasteiger partial charge on any atom is -0.493 e. The Balaban J connectivity index is 1.72. The van der Waals surface area contributed by atoms with E-state index < -0.39 is 15.9 Å². The Labute approximate surface area is 197 Å². The summed E-state index contributed by atoms with van der Waals surface area (Å²) in [4.78, 5) is 12.4. The maximum Gasteiger partial charge on any atom is 0.271 e. The fraction of sp³-hybridized carbons (Fsp3) is 0.130. The fourth-order valence-electron chi connectivity index (χ4n) is 2.82. The highest BCUT2D eigenvalue weighted by Gasteiger charge is 2.17. The fourth-order valence-corrected chi connectivity index (χ4v) is 4.19. The van der Waals surface area contributed by atoms with E-state index in [4.69, 9.17) is 21.1 Å². The van der Waals surface area contributed by atoms with Gasteiger partial charge < -0.3 is 9.47 Å². The first-order valence-corrected chi connectivity index (χ1v) is 11.7. The van der Waals surface area contributed by atoms with Crippen LogP contribution in [0, 0.1) is 0 Å². The molecule has 0 aliphatic heterocycles. The maximum absolute atomic E-state index is 12.7. The predicted octanol–water partition coefficient (Wildman–Crippen LogP) is 4.31. The molecule has 0 heterocycles. The van der Waals surface area contributed by atoms with Crippen LogP contribution < -0.4 is 19.6 Å². The summed E-state index contributed by atoms with van der Waals surface area (Å²) in [5.74, 6) is 0.570. The Bertz CT molecular complexity index is 1280. The van der Waals surface area contributed by atoms with E-state index in [2.05, 4.69) is 15.2 Å². The highest BCUT2D eigenvalue weighted by molar-refractivity contribution is 7.92. The van der Waals surface area contributed by atoms with Crippen LogP contribution in [0.4, 0.5) is 5.69 Å². The summed E-state index contributed by atoms with van der Waals surface area (Å²) < 4.78 is 38.6. The molecule has 0 bridgehead atoms. The van der Waals surface area contributed by atoms with Crippen molar-refractivity contribution in [3.63, 3.8) is 0 Å². The topological polar surface area (TPSA) is 106 Å². The first kappa shape index (κ1) is 24.1. The predicted molar refractivity (Wildman–Crippen MR) is 128 cm³/mol. The Hall–Kier alpha value is -3.56. The van der Waals surface area contributed by atoms with Gasteiger partial charge in [-0.2, -0.15) is 5.10 Å². The van der Waals surface area contributed by atoms with Crippen LogP contribution in [-0.4, -0.2) is 34.3 Å². The number of nitrogens with zero attached hydrogens (tertiary/aromatic N) is 1. The minimum atomic E-state index is -3.95. The molecule has 0 aliphatic carbocycles. The van der Waals surface area contributed by atoms with Gasteiger partial charge in [0.25, 0.3) is 15.9 Å². The molecule has 0 radical (unpaired) electrons. The number of amides is 1. The molecule has 1 amide bonds. The number of rotatable bonds is 9. The SMILES string of the molecule is CCOc1cc(/C=N/NC(=O)c2cccc(S(=O)(=O)Nc3ccccc3Cl)c2)ccc1OC. The molecule has 0 unspecified atom stereocenters. The van der Waals surface area contributed by atoms with Crippen molar-refractivity contribution in [1.82, 2.24) is 5.43 Å². The third-order valence-corrected chi connectivity index (χ3v) is 6.08. The van der Waals surface area contributed by atoms with Gasteiger partial charge in [0, 0.05) is 5.56 Å². The summed E-state index contributed by atoms with van der Waals surface area (Å²) in [5, 5.41) is 4.20. The van der Waals surface area contributed by atoms with Crippen molar-refractivity contribution >= 4 is 39.4 Å². The van der Waals surface area contributed by atoms with Crippen LogP contribution in [-0.2, 0) is 10.0 Å². The standard InChI is InChI=1S/C23H22ClN3O5S/c1-3-32-22-13-16(11-12-21(22)31-2)15-25-26-23(28)17-7-6-8-18(14-17)33(29,30)27-20-10-5-4-9-19(20)24/h4-15,27H,3H2,1-2H3,(H,26,28)/b25-15+. The van der Waals surface area contributed by atoms with E-state index in [0.29, 0.717) is 23.7 Å². The molecule has 0 saturated heterocycles. The van der Waals surface area contributed by atoms with Crippen molar-refractivity contribution in [1.29, 1.82) is 0 Å². The van der Waals surface area contributed by atoms with Crippen molar-refractivity contribution in [2.45, 2.75) is 11.8 Å². The zero-order chi connectivity index (χ0) is 23.8. The number of halogens is 1. The molecule has 172 valence electrons. The van der Waals surface area contributed by atoms with Gasteiger partial charge >= 0.3 is 0 Å². The number of hydrazone groups is 1. The van der Waals surface area contributed by atoms with E-state index in [9.17, 15) is 13.2 Å². The summed E-state index contributed by atoms with van der Waals surface area (Å²) in [6, 6.07) is 17.3. The maximum atomic E-state index is 12.7. The van der Waals surface area contributed by atoms with Gasteiger partial charge in [-0.05, 0) is 61.0 Å². The van der Waals surface area contributed by atoms with E-state index in [0.717, 1.165) is 0 Å². The van der Waals surface area contributed by atoms with E-state index in [1.165, 1.54) is 30.5 Å². The molecule has 3 aromatic rings. The number of hydrogen-bond donors (Lipinski definition) is 2.